The molecule has 0 radical (unpaired) electrons. The van der Waals surface area contributed by atoms with Crippen LogP contribution in [0.3, 0.4) is 0 Å². The Morgan fingerprint density at radius 1 is 0.889 bits per heavy atom. The number of benzene rings is 3. The molecule has 1 unspecified atom stereocenters. The topological polar surface area (TPSA) is 26.3 Å². The van der Waals surface area contributed by atoms with Gasteiger partial charge in [0.15, 0.2) is 14.7 Å². The maximum atomic E-state index is 13.9. The predicted octanol–water partition coefficient (Wildman–Crippen LogP) is 6.00. The minimum Gasteiger partial charge on any atom is -0.425 e. The Hall–Kier alpha value is -2.11. The molecule has 3 rings (SSSR count). The highest BCUT2D eigenvalue weighted by atomic mass is 79.9. The van der Waals surface area contributed by atoms with Crippen LogP contribution in [0, 0.1) is 5.82 Å². The van der Waals surface area contributed by atoms with Crippen molar-refractivity contribution in [3.63, 3.8) is 0 Å². The second-order valence-electron chi connectivity index (χ2n) is 6.41. The molecule has 0 saturated carbocycles. The van der Waals surface area contributed by atoms with Crippen molar-refractivity contribution in [3.8, 4) is 5.75 Å². The summed E-state index contributed by atoms with van der Waals surface area (Å²) in [7, 11) is -0.514. The van der Waals surface area contributed by atoms with Crippen LogP contribution in [0.2, 0.25) is 0 Å². The molecule has 0 spiro atoms. The zero-order valence-corrected chi connectivity index (χ0v) is 17.4. The van der Waals surface area contributed by atoms with E-state index in [1.54, 1.807) is 32.0 Å². The number of carbonyl (C=O) groups excluding carboxylic acids is 1. The molecule has 3 aromatic rings. The molecule has 1 atom stereocenters. The van der Waals surface area contributed by atoms with Crippen LogP contribution < -0.4 is 4.74 Å². The lowest BCUT2D eigenvalue weighted by atomic mass is 10.2. The lowest BCUT2D eigenvalue weighted by Crippen LogP contribution is -2.29. The second kappa shape index (κ2) is 8.28. The third kappa shape index (κ3) is 4.99. The van der Waals surface area contributed by atoms with E-state index in [4.69, 9.17) is 4.74 Å². The van der Waals surface area contributed by atoms with Gasteiger partial charge < -0.3 is 4.74 Å². The van der Waals surface area contributed by atoms with E-state index in [9.17, 15) is 9.18 Å². The highest BCUT2D eigenvalue weighted by molar-refractivity contribution is 9.10. The van der Waals surface area contributed by atoms with Gasteiger partial charge in [0, 0.05) is 12.1 Å². The molecule has 27 heavy (non-hydrogen) atoms. The normalized spacial score (nSPS) is 12.4. The molecule has 0 aliphatic carbocycles. The van der Waals surface area contributed by atoms with Gasteiger partial charge in [0.1, 0.15) is 15.9 Å². The van der Waals surface area contributed by atoms with Crippen molar-refractivity contribution in [2.24, 2.45) is 0 Å². The van der Waals surface area contributed by atoms with Gasteiger partial charge in [-0.3, -0.25) is 4.79 Å². The number of halogens is 2. The van der Waals surface area contributed by atoms with E-state index in [2.05, 4.69) is 15.9 Å². The average Bonchev–Trinajstić information content (AvgIpc) is 2.62. The van der Waals surface area contributed by atoms with E-state index in [0.29, 0.717) is 5.75 Å². The minimum atomic E-state index is -0.771. The van der Waals surface area contributed by atoms with Crippen molar-refractivity contribution in [2.45, 2.75) is 32.9 Å². The summed E-state index contributed by atoms with van der Waals surface area (Å²) >= 11 is 3.32. The Bertz CT molecular complexity index is 938. The third-order valence-electron chi connectivity index (χ3n) is 3.75. The van der Waals surface area contributed by atoms with Gasteiger partial charge in [-0.05, 0) is 50.2 Å². The van der Waals surface area contributed by atoms with Gasteiger partial charge in [0.25, 0.3) is 0 Å². The van der Waals surface area contributed by atoms with Crippen LogP contribution >= 0.6 is 15.9 Å². The Labute approximate surface area is 169 Å². The molecule has 0 N–H and O–H groups in total. The summed E-state index contributed by atoms with van der Waals surface area (Å²) in [5.74, 6) is -0.176. The van der Waals surface area contributed by atoms with Crippen LogP contribution in [0.5, 0.6) is 5.75 Å². The predicted molar refractivity (Wildman–Crippen MR) is 110 cm³/mol. The van der Waals surface area contributed by atoms with E-state index in [1.165, 1.54) is 6.07 Å². The van der Waals surface area contributed by atoms with E-state index in [-0.39, 0.29) is 11.8 Å². The average molecular weight is 446 g/mol. The van der Waals surface area contributed by atoms with Gasteiger partial charge >= 0.3 is 5.97 Å². The molecule has 0 aliphatic heterocycles. The first kappa shape index (κ1) is 19.6. The quantitative estimate of drug-likeness (QED) is 0.208. The number of esters is 1. The summed E-state index contributed by atoms with van der Waals surface area (Å²) < 4.78 is 18.6. The van der Waals surface area contributed by atoms with Gasteiger partial charge in [-0.1, -0.05) is 46.3 Å². The lowest BCUT2D eigenvalue weighted by Gasteiger charge is -2.15. The number of hydrogen-bond donors (Lipinski definition) is 0. The Kier molecular flexibility index (Phi) is 6.02. The molecule has 0 heterocycles. The van der Waals surface area contributed by atoms with Crippen LogP contribution in [0.15, 0.2) is 93.5 Å². The Morgan fingerprint density at radius 2 is 1.48 bits per heavy atom. The highest BCUT2D eigenvalue weighted by Gasteiger charge is 2.30. The zero-order valence-electron chi connectivity index (χ0n) is 15.0. The van der Waals surface area contributed by atoms with Crippen LogP contribution in [0.25, 0.3) is 0 Å². The van der Waals surface area contributed by atoms with Gasteiger partial charge in [-0.15, -0.1) is 0 Å². The molecule has 0 saturated heterocycles. The standard InChI is InChI=1S/C22H19BrFO2S/c1-22(2,23)21(25)26-17-9-7-13-20(15-17)27(18-10-4-3-5-11-18)19-12-6-8-16(24)14-19/h3-15H,1-2H3/q+1. The molecule has 0 aliphatic rings. The summed E-state index contributed by atoms with van der Waals surface area (Å²) in [5, 5.41) is 0. The van der Waals surface area contributed by atoms with Gasteiger partial charge in [0.2, 0.25) is 0 Å². The Balaban J connectivity index is 2.03. The first-order chi connectivity index (χ1) is 12.8. The number of carbonyl (C=O) groups is 1. The molecule has 3 aromatic carbocycles. The molecular formula is C22H19BrFO2S+. The fraction of sp³-hybridized carbons (Fsp3) is 0.136. The number of rotatable bonds is 5. The van der Waals surface area contributed by atoms with Crippen molar-refractivity contribution in [1.29, 1.82) is 0 Å². The first-order valence-corrected chi connectivity index (χ1v) is 10.4. The summed E-state index contributed by atoms with van der Waals surface area (Å²) in [6.07, 6.45) is 0. The van der Waals surface area contributed by atoms with Crippen LogP contribution in [0.1, 0.15) is 13.8 Å². The van der Waals surface area contributed by atoms with Crippen molar-refractivity contribution >= 4 is 32.8 Å². The Morgan fingerprint density at radius 3 is 2.11 bits per heavy atom. The van der Waals surface area contributed by atoms with E-state index in [0.717, 1.165) is 14.7 Å². The molecule has 0 fully saturated rings. The van der Waals surface area contributed by atoms with E-state index in [1.807, 2.05) is 54.6 Å². The SMILES string of the molecule is CC(C)(Br)C(=O)Oc1cccc([S+](c2ccccc2)c2cccc(F)c2)c1. The molecule has 0 aromatic heterocycles. The minimum absolute atomic E-state index is 0.274. The summed E-state index contributed by atoms with van der Waals surface area (Å²) in [4.78, 5) is 15.1. The molecule has 0 bridgehead atoms. The molecule has 5 heteroatoms. The van der Waals surface area contributed by atoms with E-state index >= 15 is 0 Å². The molecule has 138 valence electrons. The summed E-state index contributed by atoms with van der Waals surface area (Å²) in [6.45, 7) is 3.47. The monoisotopic (exact) mass is 445 g/mol. The van der Waals surface area contributed by atoms with Gasteiger partial charge in [0.05, 0.1) is 10.9 Å². The van der Waals surface area contributed by atoms with Crippen molar-refractivity contribution in [2.75, 3.05) is 0 Å². The van der Waals surface area contributed by atoms with Gasteiger partial charge in [-0.25, -0.2) is 4.39 Å². The van der Waals surface area contributed by atoms with Crippen LogP contribution in [-0.2, 0) is 15.7 Å². The van der Waals surface area contributed by atoms with Crippen LogP contribution in [-0.4, -0.2) is 10.3 Å². The fourth-order valence-electron chi connectivity index (χ4n) is 2.45. The van der Waals surface area contributed by atoms with Crippen LogP contribution in [0.4, 0.5) is 4.39 Å². The first-order valence-electron chi connectivity index (χ1n) is 8.41. The second-order valence-corrected chi connectivity index (χ2v) is 10.4. The number of ether oxygens (including phenoxy) is 1. The largest absolute Gasteiger partial charge is 0.425 e. The summed E-state index contributed by atoms with van der Waals surface area (Å²) in [5.41, 5.74) is 0. The van der Waals surface area contributed by atoms with Crippen molar-refractivity contribution < 1.29 is 13.9 Å². The molecule has 2 nitrogen and oxygen atoms in total. The highest BCUT2D eigenvalue weighted by Crippen LogP contribution is 2.33. The van der Waals surface area contributed by atoms with Crippen molar-refractivity contribution in [3.05, 3.63) is 84.7 Å². The lowest BCUT2D eigenvalue weighted by molar-refractivity contribution is -0.136. The molecular weight excluding hydrogens is 427 g/mol. The molecule has 0 amide bonds. The maximum absolute atomic E-state index is 13.9. The van der Waals surface area contributed by atoms with E-state index < -0.39 is 15.2 Å². The zero-order chi connectivity index (χ0) is 19.4. The fourth-order valence-corrected chi connectivity index (χ4v) is 4.67. The third-order valence-corrected chi connectivity index (χ3v) is 6.27. The number of alkyl halides is 1. The maximum Gasteiger partial charge on any atom is 0.327 e. The smallest absolute Gasteiger partial charge is 0.327 e. The summed E-state index contributed by atoms with van der Waals surface area (Å²) in [6, 6.07) is 24.0. The van der Waals surface area contributed by atoms with Crippen molar-refractivity contribution in [1.82, 2.24) is 0 Å². The number of hydrogen-bond acceptors (Lipinski definition) is 2. The van der Waals surface area contributed by atoms with Gasteiger partial charge in [-0.2, -0.15) is 0 Å².